The van der Waals surface area contributed by atoms with Crippen molar-refractivity contribution in [3.8, 4) is 0 Å². The second-order valence-electron chi connectivity index (χ2n) is 43.4. The zero-order chi connectivity index (χ0) is 92.4. The van der Waals surface area contributed by atoms with Crippen molar-refractivity contribution in [2.75, 3.05) is 91.6 Å². The summed E-state index contributed by atoms with van der Waals surface area (Å²) in [4.78, 5) is 17.7. The summed E-state index contributed by atoms with van der Waals surface area (Å²) in [5, 5.41) is 0. The first-order valence-electron chi connectivity index (χ1n) is 61.0. The summed E-state index contributed by atoms with van der Waals surface area (Å²) < 4.78 is 0. The van der Waals surface area contributed by atoms with Crippen LogP contribution in [0.1, 0.15) is 629 Å². The highest BCUT2D eigenvalue weighted by molar-refractivity contribution is 5.23. The maximum absolute atomic E-state index is 2.98. The third-order valence-corrected chi connectivity index (χ3v) is 30.4. The molecular formula is C124H238N6. The molecule has 0 aromatic heterocycles. The summed E-state index contributed by atoms with van der Waals surface area (Å²) in [6.45, 7) is 35.9. The highest BCUT2D eigenvalue weighted by Crippen LogP contribution is 2.25. The smallest absolute Gasteiger partial charge is 0.0233 e. The van der Waals surface area contributed by atoms with Gasteiger partial charge in [0.25, 0.3) is 0 Å². The van der Waals surface area contributed by atoms with Gasteiger partial charge in [-0.25, -0.2) is 0 Å². The van der Waals surface area contributed by atoms with E-state index in [0.29, 0.717) is 0 Å². The number of nitrogens with zero attached hydrogens (tertiary/aromatic N) is 6. The zero-order valence-corrected chi connectivity index (χ0v) is 90.3. The van der Waals surface area contributed by atoms with Gasteiger partial charge in [-0.15, -0.1) is 0 Å². The lowest BCUT2D eigenvalue weighted by Gasteiger charge is -2.28. The second-order valence-corrected chi connectivity index (χ2v) is 43.4. The van der Waals surface area contributed by atoms with E-state index in [9.17, 15) is 0 Å². The van der Waals surface area contributed by atoms with Gasteiger partial charge in [0.05, 0.1) is 0 Å². The van der Waals surface area contributed by atoms with Gasteiger partial charge < -0.3 is 9.80 Å². The molecule has 2 aromatic carbocycles. The Kier molecular flexibility index (Phi) is 94.3. The van der Waals surface area contributed by atoms with Crippen molar-refractivity contribution in [3.05, 3.63) is 70.8 Å². The molecule has 764 valence electrons. The van der Waals surface area contributed by atoms with Gasteiger partial charge in [-0.3, -0.25) is 19.6 Å². The average Bonchev–Trinajstić information content (AvgIpc) is 0.885. The molecule has 4 heterocycles. The molecule has 4 aliphatic heterocycles. The second kappa shape index (κ2) is 100. The van der Waals surface area contributed by atoms with Crippen LogP contribution in [-0.2, 0) is 26.2 Å². The fourth-order valence-electron chi connectivity index (χ4n) is 21.5. The Morgan fingerprint density at radius 2 is 0.215 bits per heavy atom. The third-order valence-electron chi connectivity index (χ3n) is 30.4. The summed E-state index contributed by atoms with van der Waals surface area (Å²) in [6, 6.07) is 20.7. The summed E-state index contributed by atoms with van der Waals surface area (Å²) in [5.74, 6) is 0. The molecule has 0 atom stereocenters. The lowest BCUT2D eigenvalue weighted by Crippen LogP contribution is -2.34. The molecule has 6 nitrogen and oxygen atoms in total. The fraction of sp³-hybridized carbons (Fsp3) is 0.903. The van der Waals surface area contributed by atoms with Gasteiger partial charge in [0.15, 0.2) is 0 Å². The minimum Gasteiger partial charge on any atom is -0.303 e. The molecule has 0 amide bonds. The van der Waals surface area contributed by atoms with E-state index in [0.717, 1.165) is 26.2 Å². The number of hydrogen-bond donors (Lipinski definition) is 0. The molecule has 6 rings (SSSR count). The first-order chi connectivity index (χ1) is 64.5. The monoisotopic (exact) mass is 1810 g/mol. The van der Waals surface area contributed by atoms with Crippen LogP contribution in [0.15, 0.2) is 48.5 Å². The summed E-state index contributed by atoms with van der Waals surface area (Å²) in [7, 11) is 0. The van der Waals surface area contributed by atoms with Crippen LogP contribution >= 0.6 is 0 Å². The van der Waals surface area contributed by atoms with Gasteiger partial charge in [-0.1, -0.05) is 591 Å². The van der Waals surface area contributed by atoms with Crippen LogP contribution in [-0.4, -0.2) is 121 Å². The van der Waals surface area contributed by atoms with Gasteiger partial charge in [0.1, 0.15) is 0 Å². The first kappa shape index (κ1) is 122. The maximum atomic E-state index is 2.98. The summed E-state index contributed by atoms with van der Waals surface area (Å²) in [6.07, 6.45) is 125. The first-order valence-corrected chi connectivity index (χ1v) is 61.0. The predicted molar refractivity (Wildman–Crippen MR) is 587 cm³/mol. The van der Waals surface area contributed by atoms with Crippen molar-refractivity contribution >= 4 is 0 Å². The topological polar surface area (TPSA) is 19.4 Å². The minimum absolute atomic E-state index is 1.10. The van der Waals surface area contributed by atoms with Gasteiger partial charge in [-0.2, -0.15) is 0 Å². The van der Waals surface area contributed by atoms with Crippen molar-refractivity contribution in [2.24, 2.45) is 0 Å². The van der Waals surface area contributed by atoms with E-state index in [1.54, 1.807) is 0 Å². The highest BCUT2D eigenvalue weighted by Gasteiger charge is 2.18. The van der Waals surface area contributed by atoms with Crippen molar-refractivity contribution < 1.29 is 0 Å². The van der Waals surface area contributed by atoms with Crippen molar-refractivity contribution in [3.63, 3.8) is 0 Å². The number of benzene rings is 2. The molecule has 0 unspecified atom stereocenters. The Morgan fingerprint density at radius 1 is 0.123 bits per heavy atom. The lowest BCUT2D eigenvalue weighted by molar-refractivity contribution is 0.196. The molecule has 4 aliphatic rings. The Morgan fingerprint density at radius 3 is 0.331 bits per heavy atom. The quantitative estimate of drug-likeness (QED) is 0.0611. The largest absolute Gasteiger partial charge is 0.303 e. The van der Waals surface area contributed by atoms with E-state index in [1.807, 2.05) is 0 Å². The van der Waals surface area contributed by atoms with E-state index in [1.165, 1.54) is 679 Å². The summed E-state index contributed by atoms with van der Waals surface area (Å²) >= 11 is 0. The molecule has 6 heteroatoms. The van der Waals surface area contributed by atoms with Gasteiger partial charge in [0.2, 0.25) is 0 Å². The molecule has 0 saturated heterocycles. The minimum atomic E-state index is 1.10. The number of unbranched alkanes of at least 4 members (excludes halogenated alkanes) is 78. The van der Waals surface area contributed by atoms with E-state index >= 15 is 0 Å². The molecule has 4 bridgehead atoms. The van der Waals surface area contributed by atoms with E-state index < -0.39 is 0 Å². The molecule has 2 aromatic rings. The SMILES string of the molecule is CCCCCCCCCCCCCCCCN1CCCN(CCCCCCCCCCCCCCCC)Cc2ccc(cc2)CN(CCCCCCCCCCCCCCCC)CCCN(CCCCCCCCCCCCCCCC)CCCN(CCCCCCCCCCCCCCCC)Cc2ccc(cc2)CN(CCCCCCCCCCCCCCCC)CCC1. The maximum Gasteiger partial charge on any atom is 0.0233 e. The van der Waals surface area contributed by atoms with Crippen LogP contribution in [0.25, 0.3) is 0 Å². The van der Waals surface area contributed by atoms with E-state index in [4.69, 9.17) is 0 Å². The van der Waals surface area contributed by atoms with Gasteiger partial charge >= 0.3 is 0 Å². The van der Waals surface area contributed by atoms with Gasteiger partial charge in [-0.05, 0) is 178 Å². The Balaban J connectivity index is 1.97. The van der Waals surface area contributed by atoms with Crippen LogP contribution in [0.4, 0.5) is 0 Å². The van der Waals surface area contributed by atoms with Gasteiger partial charge in [0, 0.05) is 26.2 Å². The van der Waals surface area contributed by atoms with E-state index in [2.05, 4.69) is 119 Å². The molecular weight excluding hydrogens is 1570 g/mol. The summed E-state index contributed by atoms with van der Waals surface area (Å²) in [5.41, 5.74) is 6.16. The van der Waals surface area contributed by atoms with Crippen molar-refractivity contribution in [1.82, 2.24) is 29.4 Å². The molecule has 130 heavy (non-hydrogen) atoms. The molecule has 0 saturated carbocycles. The van der Waals surface area contributed by atoms with E-state index in [-0.39, 0.29) is 0 Å². The van der Waals surface area contributed by atoms with Crippen LogP contribution in [0, 0.1) is 0 Å². The fourth-order valence-corrected chi connectivity index (χ4v) is 21.5. The van der Waals surface area contributed by atoms with Crippen LogP contribution in [0.2, 0.25) is 0 Å². The number of hydrogen-bond acceptors (Lipinski definition) is 6. The predicted octanol–water partition coefficient (Wildman–Crippen LogP) is 39.7. The standard InChI is InChI=1S/C124H238N6/c1-7-13-19-25-31-37-43-49-55-61-67-73-79-85-103-125-109-91-113-127(105-87-81-75-69-63-57-51-45-39-33-27-21-15-9-3)117-121-95-99-123(100-96-121)119-129(107-89-83-77-71-65-59-53-47-41-35-29-23-17-11-5)115-93-111-126(104-86-80-74-68-62-56-50-44-38-32-26-20-14-8-2)112-94-116-130(108-90-84-78-72-66-60-54-48-42-36-30-24-18-12-6)120-124-101-97-122(98-102-124)118-128(114-92-110-125)106-88-82-76-70-64-58-52-46-40-34-28-22-16-10-4/h95-102H,7-94,103-120H2,1-6H3. The molecule has 0 spiro atoms. The van der Waals surface area contributed by atoms with Crippen LogP contribution in [0.5, 0.6) is 0 Å². The zero-order valence-electron chi connectivity index (χ0n) is 90.3. The number of rotatable bonds is 90. The van der Waals surface area contributed by atoms with Crippen molar-refractivity contribution in [1.29, 1.82) is 0 Å². The lowest BCUT2D eigenvalue weighted by atomic mass is 10.0. The molecule has 0 aliphatic carbocycles. The molecule has 0 N–H and O–H groups in total. The van der Waals surface area contributed by atoms with Crippen LogP contribution < -0.4 is 0 Å². The molecule has 0 fully saturated rings. The van der Waals surface area contributed by atoms with Crippen LogP contribution in [0.3, 0.4) is 0 Å². The Bertz CT molecular complexity index is 2140. The van der Waals surface area contributed by atoms with Crippen molar-refractivity contribution in [2.45, 2.75) is 633 Å². The highest BCUT2D eigenvalue weighted by atomic mass is 15.2. The third kappa shape index (κ3) is 83.2. The average molecular weight is 1810 g/mol. The Hall–Kier alpha value is -1.80. The molecule has 0 radical (unpaired) electrons. The normalized spacial score (nSPS) is 14.9. The Labute approximate surface area is 819 Å².